The van der Waals surface area contributed by atoms with E-state index in [9.17, 15) is 5.11 Å². The molecule has 5 nitrogen and oxygen atoms in total. The van der Waals surface area contributed by atoms with Gasteiger partial charge in [-0.05, 0) is 50.9 Å². The molecule has 24 heavy (non-hydrogen) atoms. The Bertz CT molecular complexity index is 624. The van der Waals surface area contributed by atoms with Gasteiger partial charge in [0.05, 0.1) is 31.0 Å². The number of nitriles is 1. The maximum Gasteiger partial charge on any atom is 0.123 e. The highest BCUT2D eigenvalue weighted by Crippen LogP contribution is 2.37. The van der Waals surface area contributed by atoms with Crippen molar-refractivity contribution in [1.29, 1.82) is 5.26 Å². The van der Waals surface area contributed by atoms with Gasteiger partial charge in [0.2, 0.25) is 0 Å². The minimum atomic E-state index is -0.676. The number of ether oxygens (including phenoxy) is 2. The molecule has 1 aromatic carbocycles. The average molecular weight is 330 g/mol. The van der Waals surface area contributed by atoms with E-state index in [-0.39, 0.29) is 5.92 Å². The molecule has 2 heterocycles. The molecule has 5 heteroatoms. The average Bonchev–Trinajstić information content (AvgIpc) is 3.02. The Morgan fingerprint density at radius 2 is 2.33 bits per heavy atom. The third-order valence-corrected chi connectivity index (χ3v) is 5.51. The summed E-state index contributed by atoms with van der Waals surface area (Å²) in [5.74, 6) is 0.935. The summed E-state index contributed by atoms with van der Waals surface area (Å²) >= 11 is 0. The molecule has 0 amide bonds. The van der Waals surface area contributed by atoms with Crippen molar-refractivity contribution >= 4 is 0 Å². The fourth-order valence-corrected chi connectivity index (χ4v) is 4.07. The first-order chi connectivity index (χ1) is 11.5. The van der Waals surface area contributed by atoms with Crippen LogP contribution in [0.2, 0.25) is 0 Å². The van der Waals surface area contributed by atoms with Crippen LogP contribution in [0.15, 0.2) is 18.2 Å². The van der Waals surface area contributed by atoms with Crippen LogP contribution in [0, 0.1) is 17.2 Å². The lowest BCUT2D eigenvalue weighted by Crippen LogP contribution is -2.52. The topological polar surface area (TPSA) is 65.7 Å². The smallest absolute Gasteiger partial charge is 0.123 e. The predicted molar refractivity (Wildman–Crippen MR) is 90.7 cm³/mol. The van der Waals surface area contributed by atoms with Crippen molar-refractivity contribution in [1.82, 2.24) is 4.90 Å². The first-order valence-electron chi connectivity index (χ1n) is 8.66. The Morgan fingerprint density at radius 3 is 3.04 bits per heavy atom. The van der Waals surface area contributed by atoms with E-state index < -0.39 is 5.60 Å². The molecule has 0 saturated carbocycles. The minimum absolute atomic E-state index is 0.124. The lowest BCUT2D eigenvalue weighted by molar-refractivity contribution is -0.123. The quantitative estimate of drug-likeness (QED) is 0.918. The third kappa shape index (κ3) is 3.41. The molecule has 0 spiro atoms. The second-order valence-electron chi connectivity index (χ2n) is 7.11. The van der Waals surface area contributed by atoms with Crippen molar-refractivity contribution in [3.63, 3.8) is 0 Å². The third-order valence-electron chi connectivity index (χ3n) is 5.51. The molecule has 2 fully saturated rings. The van der Waals surface area contributed by atoms with Crippen LogP contribution in [0.4, 0.5) is 0 Å². The Morgan fingerprint density at radius 1 is 1.50 bits per heavy atom. The number of likely N-dealkylation sites (tertiary alicyclic amines) is 1. The van der Waals surface area contributed by atoms with E-state index in [1.54, 1.807) is 13.2 Å². The molecule has 2 saturated heterocycles. The summed E-state index contributed by atoms with van der Waals surface area (Å²) in [6.45, 7) is 4.92. The number of nitrogens with zero attached hydrogens (tertiary/aromatic N) is 2. The van der Waals surface area contributed by atoms with E-state index in [2.05, 4.69) is 11.0 Å². The van der Waals surface area contributed by atoms with Gasteiger partial charge in [-0.25, -0.2) is 0 Å². The van der Waals surface area contributed by atoms with Crippen molar-refractivity contribution in [3.8, 4) is 11.8 Å². The van der Waals surface area contributed by atoms with E-state index in [0.717, 1.165) is 37.2 Å². The van der Waals surface area contributed by atoms with Gasteiger partial charge in [-0.3, -0.25) is 4.90 Å². The summed E-state index contributed by atoms with van der Waals surface area (Å²) in [4.78, 5) is 2.41. The lowest BCUT2D eigenvalue weighted by atomic mass is 9.79. The molecule has 0 aromatic heterocycles. The van der Waals surface area contributed by atoms with E-state index >= 15 is 0 Å². The summed E-state index contributed by atoms with van der Waals surface area (Å²) in [7, 11) is 1.66. The summed E-state index contributed by atoms with van der Waals surface area (Å²) in [5.41, 5.74) is 0.999. The number of rotatable bonds is 4. The van der Waals surface area contributed by atoms with E-state index in [4.69, 9.17) is 14.7 Å². The molecule has 3 atom stereocenters. The zero-order chi connectivity index (χ0) is 17.2. The van der Waals surface area contributed by atoms with Gasteiger partial charge in [-0.1, -0.05) is 0 Å². The Kier molecular flexibility index (Phi) is 5.09. The molecule has 130 valence electrons. The molecule has 0 aliphatic carbocycles. The van der Waals surface area contributed by atoms with Gasteiger partial charge >= 0.3 is 0 Å². The molecule has 2 aliphatic heterocycles. The maximum absolute atomic E-state index is 10.8. The molecule has 2 aliphatic rings. The predicted octanol–water partition coefficient (Wildman–Crippen LogP) is 2.32. The SMILES string of the molecule is COc1ccc(C#N)cc1CN1CCC[C@@H]1[C@@H]1COCC[C@@]1(C)O. The van der Waals surface area contributed by atoms with Crippen LogP contribution in [0.25, 0.3) is 0 Å². The van der Waals surface area contributed by atoms with Crippen LogP contribution in [-0.4, -0.2) is 48.5 Å². The summed E-state index contributed by atoms with van der Waals surface area (Å²) in [6, 6.07) is 8.05. The van der Waals surface area contributed by atoms with Crippen LogP contribution in [-0.2, 0) is 11.3 Å². The number of aliphatic hydroxyl groups is 1. The van der Waals surface area contributed by atoms with Crippen molar-refractivity contribution in [2.75, 3.05) is 26.9 Å². The highest BCUT2D eigenvalue weighted by atomic mass is 16.5. The molecular weight excluding hydrogens is 304 g/mol. The van der Waals surface area contributed by atoms with Crippen LogP contribution in [0.1, 0.15) is 37.3 Å². The van der Waals surface area contributed by atoms with E-state index in [0.29, 0.717) is 31.2 Å². The second kappa shape index (κ2) is 7.10. The van der Waals surface area contributed by atoms with Gasteiger partial charge in [0.15, 0.2) is 0 Å². The molecule has 0 bridgehead atoms. The van der Waals surface area contributed by atoms with Crippen molar-refractivity contribution in [2.24, 2.45) is 5.92 Å². The molecule has 0 unspecified atom stereocenters. The van der Waals surface area contributed by atoms with Gasteiger partial charge in [0.1, 0.15) is 5.75 Å². The van der Waals surface area contributed by atoms with Gasteiger partial charge in [-0.15, -0.1) is 0 Å². The van der Waals surface area contributed by atoms with Gasteiger partial charge in [-0.2, -0.15) is 5.26 Å². The van der Waals surface area contributed by atoms with Crippen molar-refractivity contribution in [2.45, 2.75) is 44.4 Å². The van der Waals surface area contributed by atoms with Crippen LogP contribution < -0.4 is 4.74 Å². The van der Waals surface area contributed by atoms with Crippen LogP contribution in [0.3, 0.4) is 0 Å². The molecule has 1 aromatic rings. The lowest BCUT2D eigenvalue weighted by Gasteiger charge is -2.43. The normalized spacial score (nSPS) is 30.9. The number of methoxy groups -OCH3 is 1. The largest absolute Gasteiger partial charge is 0.496 e. The highest BCUT2D eigenvalue weighted by molar-refractivity contribution is 5.42. The Hall–Kier alpha value is -1.61. The number of benzene rings is 1. The van der Waals surface area contributed by atoms with Crippen LogP contribution >= 0.6 is 0 Å². The molecule has 0 radical (unpaired) electrons. The van der Waals surface area contributed by atoms with Crippen molar-refractivity contribution < 1.29 is 14.6 Å². The highest BCUT2D eigenvalue weighted by Gasteiger charge is 2.44. The van der Waals surface area contributed by atoms with E-state index in [1.165, 1.54) is 0 Å². The van der Waals surface area contributed by atoms with Gasteiger partial charge in [0, 0.05) is 30.7 Å². The first-order valence-corrected chi connectivity index (χ1v) is 8.66. The first kappa shape index (κ1) is 17.2. The monoisotopic (exact) mass is 330 g/mol. The standard InChI is InChI=1S/C19H26N2O3/c1-19(22)7-9-24-13-16(19)17-4-3-8-21(17)12-15-10-14(11-20)5-6-18(15)23-2/h5-6,10,16-17,22H,3-4,7-9,12-13H2,1-2H3/t16-,17+,19+/m0/s1. The zero-order valence-electron chi connectivity index (χ0n) is 14.5. The maximum atomic E-state index is 10.8. The fourth-order valence-electron chi connectivity index (χ4n) is 4.07. The van der Waals surface area contributed by atoms with Crippen molar-refractivity contribution in [3.05, 3.63) is 29.3 Å². The minimum Gasteiger partial charge on any atom is -0.496 e. The van der Waals surface area contributed by atoms with E-state index in [1.807, 2.05) is 19.1 Å². The molecule has 3 rings (SSSR count). The van der Waals surface area contributed by atoms with Gasteiger partial charge in [0.25, 0.3) is 0 Å². The zero-order valence-corrected chi connectivity index (χ0v) is 14.5. The fraction of sp³-hybridized carbons (Fsp3) is 0.632. The molecular formula is C19H26N2O3. The summed E-state index contributed by atoms with van der Waals surface area (Å²) in [6.07, 6.45) is 2.89. The summed E-state index contributed by atoms with van der Waals surface area (Å²) < 4.78 is 11.1. The summed E-state index contributed by atoms with van der Waals surface area (Å²) in [5, 5.41) is 19.9. The second-order valence-corrected chi connectivity index (χ2v) is 7.11. The number of hydrogen-bond donors (Lipinski definition) is 1. The number of hydrogen-bond acceptors (Lipinski definition) is 5. The molecule has 1 N–H and O–H groups in total. The van der Waals surface area contributed by atoms with Crippen LogP contribution in [0.5, 0.6) is 5.75 Å². The Labute approximate surface area is 143 Å². The Balaban J connectivity index is 1.80. The van der Waals surface area contributed by atoms with Gasteiger partial charge < -0.3 is 14.6 Å².